The summed E-state index contributed by atoms with van der Waals surface area (Å²) < 4.78 is 1.27. The van der Waals surface area contributed by atoms with E-state index >= 15 is 0 Å². The molecular weight excluding hydrogens is 436 g/mol. The molecule has 0 aliphatic carbocycles. The Hall–Kier alpha value is -2.87. The van der Waals surface area contributed by atoms with Gasteiger partial charge in [0.25, 0.3) is 5.56 Å². The van der Waals surface area contributed by atoms with Gasteiger partial charge in [-0.05, 0) is 49.7 Å². The first kappa shape index (κ1) is 19.8. The minimum absolute atomic E-state index is 0.0483. The van der Waals surface area contributed by atoms with Crippen LogP contribution in [0.1, 0.15) is 29.6 Å². The summed E-state index contributed by atoms with van der Waals surface area (Å²) in [5.74, 6) is 1.27. The number of nitrogens with one attached hydrogen (secondary N) is 1. The molecule has 0 spiro atoms. The number of benzene rings is 2. The highest BCUT2D eigenvalue weighted by atomic mass is 32.1. The number of para-hydroxylation sites is 1. The van der Waals surface area contributed by atoms with Crippen LogP contribution in [0, 0.1) is 0 Å². The first-order valence-corrected chi connectivity index (χ1v) is 12.5. The van der Waals surface area contributed by atoms with Gasteiger partial charge in [0.05, 0.1) is 27.2 Å². The van der Waals surface area contributed by atoms with Crippen LogP contribution in [0.5, 0.6) is 0 Å². The van der Waals surface area contributed by atoms with Crippen molar-refractivity contribution in [2.75, 3.05) is 13.1 Å². The van der Waals surface area contributed by atoms with E-state index in [0.717, 1.165) is 52.5 Å². The van der Waals surface area contributed by atoms with Crippen molar-refractivity contribution < 1.29 is 0 Å². The average molecular weight is 459 g/mol. The summed E-state index contributed by atoms with van der Waals surface area (Å²) in [6.45, 7) is 2.65. The van der Waals surface area contributed by atoms with E-state index in [-0.39, 0.29) is 5.56 Å². The molecule has 0 amide bonds. The van der Waals surface area contributed by atoms with E-state index in [9.17, 15) is 4.79 Å². The van der Waals surface area contributed by atoms with Crippen LogP contribution in [0.4, 0.5) is 0 Å². The van der Waals surface area contributed by atoms with Crippen molar-refractivity contribution >= 4 is 43.1 Å². The lowest BCUT2D eigenvalue weighted by molar-refractivity contribution is 0.200. The Bertz CT molecular complexity index is 1410. The minimum Gasteiger partial charge on any atom is -0.309 e. The third-order valence-corrected chi connectivity index (χ3v) is 8.41. The fourth-order valence-corrected chi connectivity index (χ4v) is 6.60. The number of hydrogen-bond donors (Lipinski definition) is 1. The second-order valence-corrected chi connectivity index (χ2v) is 10.4. The molecule has 2 aromatic carbocycles. The van der Waals surface area contributed by atoms with Gasteiger partial charge in [0, 0.05) is 10.8 Å². The predicted octanol–water partition coefficient (Wildman–Crippen LogP) is 5.64. The number of rotatable bonds is 4. The van der Waals surface area contributed by atoms with E-state index in [0.29, 0.717) is 17.8 Å². The molecule has 1 aliphatic heterocycles. The summed E-state index contributed by atoms with van der Waals surface area (Å²) in [5.41, 5.74) is 2.18. The molecule has 6 rings (SSSR count). The number of aromatic amines is 1. The van der Waals surface area contributed by atoms with Crippen LogP contribution >= 0.6 is 22.7 Å². The number of thiazole rings is 1. The molecule has 0 bridgehead atoms. The molecule has 1 fully saturated rings. The molecule has 0 atom stereocenters. The Labute approximate surface area is 193 Å². The molecular formula is C25H22N4OS2. The summed E-state index contributed by atoms with van der Waals surface area (Å²) >= 11 is 3.41. The Balaban J connectivity index is 1.17. The zero-order chi connectivity index (χ0) is 21.5. The number of piperidine rings is 1. The smallest absolute Gasteiger partial charge is 0.259 e. The molecule has 1 saturated heterocycles. The van der Waals surface area contributed by atoms with Gasteiger partial charge in [0.2, 0.25) is 0 Å². The lowest BCUT2D eigenvalue weighted by Gasteiger charge is -2.30. The molecule has 5 aromatic rings. The Morgan fingerprint density at radius 2 is 1.75 bits per heavy atom. The highest BCUT2D eigenvalue weighted by Crippen LogP contribution is 2.34. The Kier molecular flexibility index (Phi) is 5.09. The van der Waals surface area contributed by atoms with Crippen LogP contribution in [-0.2, 0) is 6.54 Å². The highest BCUT2D eigenvalue weighted by molar-refractivity contribution is 7.21. The van der Waals surface area contributed by atoms with Gasteiger partial charge in [-0.15, -0.1) is 22.7 Å². The standard InChI is InChI=1S/C25H22N4OS2/c30-23-18-14-21(16-6-2-1-3-7-16)32-25(18)28-22(27-23)15-29-12-10-17(11-13-29)24-26-19-8-4-5-9-20(19)31-24/h1-9,14,17H,10-13,15H2,(H,27,28,30). The largest absolute Gasteiger partial charge is 0.309 e. The van der Waals surface area contributed by atoms with E-state index < -0.39 is 0 Å². The monoisotopic (exact) mass is 458 g/mol. The lowest BCUT2D eigenvalue weighted by Crippen LogP contribution is -2.33. The van der Waals surface area contributed by atoms with Crippen LogP contribution in [0.25, 0.3) is 30.9 Å². The normalized spacial score (nSPS) is 15.6. The van der Waals surface area contributed by atoms with E-state index in [1.54, 1.807) is 11.3 Å². The third kappa shape index (κ3) is 3.77. The number of fused-ring (bicyclic) bond motifs is 2. The van der Waals surface area contributed by atoms with Gasteiger partial charge in [-0.3, -0.25) is 9.69 Å². The second kappa shape index (κ2) is 8.24. The SMILES string of the molecule is O=c1[nH]c(CN2CCC(c3nc4ccccc4s3)CC2)nc2sc(-c3ccccc3)cc12. The van der Waals surface area contributed by atoms with Gasteiger partial charge in [-0.1, -0.05) is 42.5 Å². The minimum atomic E-state index is -0.0483. The van der Waals surface area contributed by atoms with E-state index in [2.05, 4.69) is 46.3 Å². The average Bonchev–Trinajstić information content (AvgIpc) is 3.45. The van der Waals surface area contributed by atoms with Crippen molar-refractivity contribution in [1.82, 2.24) is 19.9 Å². The topological polar surface area (TPSA) is 61.9 Å². The molecule has 4 heterocycles. The first-order chi connectivity index (χ1) is 15.7. The van der Waals surface area contributed by atoms with Crippen molar-refractivity contribution in [3.8, 4) is 10.4 Å². The fraction of sp³-hybridized carbons (Fsp3) is 0.240. The number of H-pyrrole nitrogens is 1. The van der Waals surface area contributed by atoms with Crippen molar-refractivity contribution in [3.05, 3.63) is 81.8 Å². The van der Waals surface area contributed by atoms with Crippen LogP contribution < -0.4 is 5.56 Å². The van der Waals surface area contributed by atoms with Gasteiger partial charge in [0.15, 0.2) is 0 Å². The maximum Gasteiger partial charge on any atom is 0.259 e. The first-order valence-electron chi connectivity index (χ1n) is 10.9. The molecule has 160 valence electrons. The number of thiophene rings is 1. The van der Waals surface area contributed by atoms with Gasteiger partial charge in [0.1, 0.15) is 10.7 Å². The van der Waals surface area contributed by atoms with E-state index in [4.69, 9.17) is 9.97 Å². The molecule has 3 aromatic heterocycles. The summed E-state index contributed by atoms with van der Waals surface area (Å²) in [7, 11) is 0. The molecule has 0 radical (unpaired) electrons. The van der Waals surface area contributed by atoms with Gasteiger partial charge in [-0.25, -0.2) is 9.97 Å². The quantitative estimate of drug-likeness (QED) is 0.379. The van der Waals surface area contributed by atoms with Gasteiger partial charge in [-0.2, -0.15) is 0 Å². The van der Waals surface area contributed by atoms with Crippen molar-refractivity contribution in [1.29, 1.82) is 0 Å². The summed E-state index contributed by atoms with van der Waals surface area (Å²) in [5, 5.41) is 1.93. The molecule has 7 heteroatoms. The van der Waals surface area contributed by atoms with Crippen LogP contribution in [0.2, 0.25) is 0 Å². The molecule has 5 nitrogen and oxygen atoms in total. The molecule has 32 heavy (non-hydrogen) atoms. The molecule has 0 saturated carbocycles. The Morgan fingerprint density at radius 3 is 2.56 bits per heavy atom. The van der Waals surface area contributed by atoms with Crippen LogP contribution in [0.15, 0.2) is 65.5 Å². The predicted molar refractivity (Wildman–Crippen MR) is 133 cm³/mol. The fourth-order valence-electron chi connectivity index (χ4n) is 4.41. The Morgan fingerprint density at radius 1 is 0.969 bits per heavy atom. The molecule has 1 aliphatic rings. The summed E-state index contributed by atoms with van der Waals surface area (Å²) in [4.78, 5) is 29.6. The lowest BCUT2D eigenvalue weighted by atomic mass is 9.97. The van der Waals surface area contributed by atoms with Gasteiger partial charge < -0.3 is 4.98 Å². The highest BCUT2D eigenvalue weighted by Gasteiger charge is 2.24. The zero-order valence-corrected chi connectivity index (χ0v) is 19.1. The van der Waals surface area contributed by atoms with Gasteiger partial charge >= 0.3 is 0 Å². The van der Waals surface area contributed by atoms with Crippen molar-refractivity contribution in [2.24, 2.45) is 0 Å². The number of nitrogens with zero attached hydrogens (tertiary/aromatic N) is 3. The molecule has 1 N–H and O–H groups in total. The maximum absolute atomic E-state index is 12.7. The zero-order valence-electron chi connectivity index (χ0n) is 17.5. The van der Waals surface area contributed by atoms with Crippen molar-refractivity contribution in [2.45, 2.75) is 25.3 Å². The summed E-state index contributed by atoms with van der Waals surface area (Å²) in [6, 6.07) is 20.5. The van der Waals surface area contributed by atoms with Crippen molar-refractivity contribution in [3.63, 3.8) is 0 Å². The third-order valence-electron chi connectivity index (χ3n) is 6.13. The maximum atomic E-state index is 12.7. The second-order valence-electron chi connectivity index (χ2n) is 8.28. The number of aromatic nitrogens is 3. The number of hydrogen-bond acceptors (Lipinski definition) is 6. The van der Waals surface area contributed by atoms with Crippen LogP contribution in [0.3, 0.4) is 0 Å². The van der Waals surface area contributed by atoms with E-state index in [1.165, 1.54) is 9.71 Å². The molecule has 0 unspecified atom stereocenters. The van der Waals surface area contributed by atoms with E-state index in [1.807, 2.05) is 35.6 Å². The summed E-state index contributed by atoms with van der Waals surface area (Å²) in [6.07, 6.45) is 2.17. The van der Waals surface area contributed by atoms with Crippen LogP contribution in [-0.4, -0.2) is 32.9 Å². The number of likely N-dealkylation sites (tertiary alicyclic amines) is 1.